The fourth-order valence-electron chi connectivity index (χ4n) is 2.79. The van der Waals surface area contributed by atoms with Crippen molar-refractivity contribution in [2.24, 2.45) is 5.92 Å². The molecule has 1 aliphatic rings. The van der Waals surface area contributed by atoms with E-state index in [0.717, 1.165) is 15.9 Å². The van der Waals surface area contributed by atoms with Crippen molar-refractivity contribution in [3.05, 3.63) is 46.2 Å². The third-order valence-electron chi connectivity index (χ3n) is 3.80. The lowest BCUT2D eigenvalue weighted by molar-refractivity contribution is -0.122. The average Bonchev–Trinajstić information content (AvgIpc) is 2.90. The molecule has 2 amide bonds. The Kier molecular flexibility index (Phi) is 3.87. The molecule has 22 heavy (non-hydrogen) atoms. The summed E-state index contributed by atoms with van der Waals surface area (Å²) in [6.45, 7) is 4.31. The van der Waals surface area contributed by atoms with Crippen LogP contribution in [0.5, 0.6) is 0 Å². The van der Waals surface area contributed by atoms with Crippen molar-refractivity contribution in [2.75, 3.05) is 4.90 Å². The predicted molar refractivity (Wildman–Crippen MR) is 86.4 cm³/mol. The summed E-state index contributed by atoms with van der Waals surface area (Å²) in [6, 6.07) is 9.19. The number of hydrogen-bond acceptors (Lipinski definition) is 3. The first-order chi connectivity index (χ1) is 10.5. The van der Waals surface area contributed by atoms with Crippen LogP contribution in [0, 0.1) is 19.8 Å². The summed E-state index contributed by atoms with van der Waals surface area (Å²) in [5.41, 5.74) is 2.53. The van der Waals surface area contributed by atoms with Crippen LogP contribution >= 0.6 is 15.9 Å². The molecule has 1 aromatic carbocycles. The lowest BCUT2D eigenvalue weighted by atomic mass is 10.1. The lowest BCUT2D eigenvalue weighted by Crippen LogP contribution is -2.31. The highest BCUT2D eigenvalue weighted by Gasteiger charge is 2.39. The maximum Gasteiger partial charge on any atom is 0.239 e. The van der Waals surface area contributed by atoms with E-state index in [0.29, 0.717) is 12.2 Å². The van der Waals surface area contributed by atoms with E-state index in [4.69, 9.17) is 0 Å². The van der Waals surface area contributed by atoms with Gasteiger partial charge in [0.05, 0.1) is 23.8 Å². The molecular weight excluding hydrogens is 346 g/mol. The largest absolute Gasteiger partial charge is 0.274 e. The molecule has 0 radical (unpaired) electrons. The number of aryl methyl sites for hydroxylation is 2. The number of halogens is 1. The number of carbonyl (C=O) groups is 2. The number of benzene rings is 1. The first-order valence-electron chi connectivity index (χ1n) is 7.09. The second-order valence-electron chi connectivity index (χ2n) is 5.56. The Labute approximate surface area is 137 Å². The number of nitrogens with zero attached hydrogens (tertiary/aromatic N) is 3. The number of imide groups is 1. The van der Waals surface area contributed by atoms with Gasteiger partial charge in [-0.1, -0.05) is 22.0 Å². The van der Waals surface area contributed by atoms with E-state index in [-0.39, 0.29) is 24.2 Å². The van der Waals surface area contributed by atoms with E-state index in [1.165, 1.54) is 4.90 Å². The van der Waals surface area contributed by atoms with Crippen molar-refractivity contribution in [2.45, 2.75) is 26.8 Å². The van der Waals surface area contributed by atoms with Crippen LogP contribution in [-0.2, 0) is 16.1 Å². The summed E-state index contributed by atoms with van der Waals surface area (Å²) < 4.78 is 2.64. The van der Waals surface area contributed by atoms with Gasteiger partial charge in [-0.15, -0.1) is 0 Å². The third kappa shape index (κ3) is 2.70. The molecule has 0 saturated carbocycles. The van der Waals surface area contributed by atoms with Gasteiger partial charge in [-0.3, -0.25) is 19.2 Å². The summed E-state index contributed by atoms with van der Waals surface area (Å²) in [6.07, 6.45) is 0.226. The van der Waals surface area contributed by atoms with E-state index in [1.54, 1.807) is 16.8 Å². The van der Waals surface area contributed by atoms with Gasteiger partial charge in [-0.05, 0) is 38.1 Å². The number of anilines is 1. The average molecular weight is 362 g/mol. The normalized spacial score (nSPS) is 18.3. The molecule has 0 spiro atoms. The van der Waals surface area contributed by atoms with Crippen LogP contribution in [0.25, 0.3) is 0 Å². The van der Waals surface area contributed by atoms with E-state index >= 15 is 0 Å². The Morgan fingerprint density at radius 3 is 2.68 bits per heavy atom. The minimum Gasteiger partial charge on any atom is -0.274 e. The highest BCUT2D eigenvalue weighted by molar-refractivity contribution is 9.10. The van der Waals surface area contributed by atoms with Crippen LogP contribution in [0.3, 0.4) is 0 Å². The topological polar surface area (TPSA) is 55.2 Å². The number of amides is 2. The summed E-state index contributed by atoms with van der Waals surface area (Å²) in [5, 5.41) is 4.37. The second kappa shape index (κ2) is 5.68. The van der Waals surface area contributed by atoms with Gasteiger partial charge in [-0.25, -0.2) is 0 Å². The number of hydrogen-bond donors (Lipinski definition) is 0. The minimum absolute atomic E-state index is 0.157. The minimum atomic E-state index is -0.357. The first-order valence-corrected chi connectivity index (χ1v) is 7.88. The van der Waals surface area contributed by atoms with Crippen LogP contribution in [0.15, 0.2) is 34.8 Å². The predicted octanol–water partition coefficient (Wildman–Crippen LogP) is 2.84. The summed E-state index contributed by atoms with van der Waals surface area (Å²) >= 11 is 3.37. The molecule has 0 bridgehead atoms. The van der Waals surface area contributed by atoms with E-state index in [1.807, 2.05) is 32.0 Å². The van der Waals surface area contributed by atoms with Crippen LogP contribution in [0.1, 0.15) is 17.8 Å². The van der Waals surface area contributed by atoms with Crippen molar-refractivity contribution in [3.63, 3.8) is 0 Å². The maximum atomic E-state index is 12.6. The van der Waals surface area contributed by atoms with Crippen molar-refractivity contribution < 1.29 is 9.59 Å². The molecule has 3 rings (SSSR count). The van der Waals surface area contributed by atoms with Crippen molar-refractivity contribution in [1.29, 1.82) is 0 Å². The van der Waals surface area contributed by atoms with E-state index in [2.05, 4.69) is 21.0 Å². The summed E-state index contributed by atoms with van der Waals surface area (Å²) in [4.78, 5) is 26.1. The molecule has 0 N–H and O–H groups in total. The van der Waals surface area contributed by atoms with Gasteiger partial charge >= 0.3 is 0 Å². The second-order valence-corrected chi connectivity index (χ2v) is 6.47. The molecule has 0 aliphatic carbocycles. The number of rotatable bonds is 3. The molecule has 114 valence electrons. The van der Waals surface area contributed by atoms with Crippen molar-refractivity contribution in [3.8, 4) is 0 Å². The van der Waals surface area contributed by atoms with Gasteiger partial charge in [-0.2, -0.15) is 5.10 Å². The van der Waals surface area contributed by atoms with E-state index < -0.39 is 0 Å². The fraction of sp³-hybridized carbons (Fsp3) is 0.312. The van der Waals surface area contributed by atoms with Gasteiger partial charge in [0.1, 0.15) is 0 Å². The van der Waals surface area contributed by atoms with Gasteiger partial charge in [0.25, 0.3) is 0 Å². The van der Waals surface area contributed by atoms with Gasteiger partial charge in [0.15, 0.2) is 0 Å². The zero-order valence-electron chi connectivity index (χ0n) is 12.4. The molecule has 2 heterocycles. The van der Waals surface area contributed by atoms with Gasteiger partial charge < -0.3 is 0 Å². The Hall–Kier alpha value is -1.95. The molecule has 1 saturated heterocycles. The van der Waals surface area contributed by atoms with Crippen molar-refractivity contribution in [1.82, 2.24) is 9.78 Å². The Balaban J connectivity index is 1.84. The van der Waals surface area contributed by atoms with Gasteiger partial charge in [0, 0.05) is 16.6 Å². The maximum absolute atomic E-state index is 12.6. The highest BCUT2D eigenvalue weighted by atomic mass is 79.9. The Bertz CT molecular complexity index is 754. The SMILES string of the molecule is Cc1cc(C)n(C[C@@H]2CC(=O)N(c3cccc(Br)c3)C2=O)n1. The zero-order chi connectivity index (χ0) is 15.9. The van der Waals surface area contributed by atoms with Crippen molar-refractivity contribution >= 4 is 33.4 Å². The Morgan fingerprint density at radius 2 is 2.05 bits per heavy atom. The van der Waals surface area contributed by atoms with E-state index in [9.17, 15) is 9.59 Å². The molecule has 1 atom stereocenters. The molecule has 0 unspecified atom stereocenters. The monoisotopic (exact) mass is 361 g/mol. The standard InChI is InChI=1S/C16H16BrN3O2/c1-10-6-11(2)19(18-10)9-12-7-15(21)20(16(12)22)14-5-3-4-13(17)8-14/h3-6,8,12H,7,9H2,1-2H3/t12-/m0/s1. The van der Waals surface area contributed by atoms with Crippen LogP contribution in [0.2, 0.25) is 0 Å². The highest BCUT2D eigenvalue weighted by Crippen LogP contribution is 2.29. The smallest absolute Gasteiger partial charge is 0.239 e. The summed E-state index contributed by atoms with van der Waals surface area (Å²) in [7, 11) is 0. The fourth-order valence-corrected chi connectivity index (χ4v) is 3.18. The van der Waals surface area contributed by atoms with Crippen LogP contribution < -0.4 is 4.90 Å². The number of carbonyl (C=O) groups excluding carboxylic acids is 2. The molecule has 1 fully saturated rings. The summed E-state index contributed by atoms with van der Waals surface area (Å²) in [5.74, 6) is -0.672. The van der Waals surface area contributed by atoms with Crippen LogP contribution in [0.4, 0.5) is 5.69 Å². The lowest BCUT2D eigenvalue weighted by Gasteiger charge is -2.15. The molecule has 1 aliphatic heterocycles. The molecule has 2 aromatic rings. The molecule has 6 heteroatoms. The molecule has 1 aromatic heterocycles. The molecule has 5 nitrogen and oxygen atoms in total. The van der Waals surface area contributed by atoms with Gasteiger partial charge in [0.2, 0.25) is 11.8 Å². The zero-order valence-corrected chi connectivity index (χ0v) is 14.0. The number of aromatic nitrogens is 2. The molecular formula is C16H16BrN3O2. The Morgan fingerprint density at radius 1 is 1.27 bits per heavy atom. The first kappa shape index (κ1) is 15.0. The third-order valence-corrected chi connectivity index (χ3v) is 4.30. The van der Waals surface area contributed by atoms with Crippen LogP contribution in [-0.4, -0.2) is 21.6 Å². The quantitative estimate of drug-likeness (QED) is 0.789.